The fourth-order valence-corrected chi connectivity index (χ4v) is 3.24. The zero-order valence-corrected chi connectivity index (χ0v) is 16.4. The first-order valence-corrected chi connectivity index (χ1v) is 9.31. The number of hydrogen-bond donors (Lipinski definition) is 0. The average molecular weight is 383 g/mol. The Morgan fingerprint density at radius 2 is 1.46 bits per heavy atom. The van der Waals surface area contributed by atoms with E-state index in [4.69, 9.17) is 14.2 Å². The predicted molar refractivity (Wildman–Crippen MR) is 105 cm³/mol. The molecule has 2 aromatic rings. The number of likely N-dealkylation sites (tertiary alicyclic amines) is 1. The Morgan fingerprint density at radius 3 is 2.00 bits per heavy atom. The summed E-state index contributed by atoms with van der Waals surface area (Å²) in [7, 11) is 3.10. The summed E-state index contributed by atoms with van der Waals surface area (Å²) in [6.07, 6.45) is 1.16. The highest BCUT2D eigenvalue weighted by Crippen LogP contribution is 2.26. The van der Waals surface area contributed by atoms with Crippen LogP contribution in [0.3, 0.4) is 0 Å². The van der Waals surface area contributed by atoms with Crippen LogP contribution >= 0.6 is 0 Å². The quantitative estimate of drug-likeness (QED) is 0.584. The van der Waals surface area contributed by atoms with Crippen LogP contribution in [0.25, 0.3) is 0 Å². The summed E-state index contributed by atoms with van der Waals surface area (Å²) in [5, 5.41) is 0. The molecule has 1 heterocycles. The van der Waals surface area contributed by atoms with Crippen molar-refractivity contribution < 1.29 is 23.8 Å². The number of piperidine rings is 1. The van der Waals surface area contributed by atoms with Gasteiger partial charge < -0.3 is 19.1 Å². The maximum atomic E-state index is 12.8. The van der Waals surface area contributed by atoms with Gasteiger partial charge in [-0.2, -0.15) is 0 Å². The van der Waals surface area contributed by atoms with Crippen LogP contribution in [0.4, 0.5) is 0 Å². The zero-order chi connectivity index (χ0) is 20.1. The molecule has 1 aliphatic heterocycles. The van der Waals surface area contributed by atoms with E-state index in [0.29, 0.717) is 48.7 Å². The SMILES string of the molecule is COc1cc(OC)cc(C(=O)N2CCC(C(=O)Oc3ccc(C)cc3)CC2)c1. The number of rotatable bonds is 5. The maximum absolute atomic E-state index is 12.8. The summed E-state index contributed by atoms with van der Waals surface area (Å²) < 4.78 is 15.9. The lowest BCUT2D eigenvalue weighted by Gasteiger charge is -2.31. The Kier molecular flexibility index (Phi) is 6.19. The number of amides is 1. The molecule has 0 unspecified atom stereocenters. The molecule has 0 radical (unpaired) electrons. The van der Waals surface area contributed by atoms with Crippen LogP contribution in [-0.4, -0.2) is 44.1 Å². The van der Waals surface area contributed by atoms with Gasteiger partial charge in [-0.05, 0) is 44.0 Å². The molecule has 28 heavy (non-hydrogen) atoms. The number of benzene rings is 2. The van der Waals surface area contributed by atoms with Crippen LogP contribution in [0, 0.1) is 12.8 Å². The lowest BCUT2D eigenvalue weighted by atomic mass is 9.96. The van der Waals surface area contributed by atoms with Gasteiger partial charge in [0, 0.05) is 24.7 Å². The number of carbonyl (C=O) groups is 2. The fourth-order valence-electron chi connectivity index (χ4n) is 3.24. The molecule has 0 aliphatic carbocycles. The standard InChI is InChI=1S/C22H25NO5/c1-15-4-6-18(7-5-15)28-22(25)16-8-10-23(11-9-16)21(24)17-12-19(26-2)14-20(13-17)27-3/h4-7,12-14,16H,8-11H2,1-3H3. The molecule has 0 saturated carbocycles. The minimum absolute atomic E-state index is 0.0949. The molecule has 6 nitrogen and oxygen atoms in total. The Hall–Kier alpha value is -3.02. The summed E-state index contributed by atoms with van der Waals surface area (Å²) in [4.78, 5) is 27.0. The fraction of sp³-hybridized carbons (Fsp3) is 0.364. The van der Waals surface area contributed by atoms with Crippen molar-refractivity contribution in [2.45, 2.75) is 19.8 Å². The van der Waals surface area contributed by atoms with Crippen molar-refractivity contribution in [3.63, 3.8) is 0 Å². The van der Waals surface area contributed by atoms with Gasteiger partial charge in [-0.15, -0.1) is 0 Å². The van der Waals surface area contributed by atoms with E-state index in [9.17, 15) is 9.59 Å². The third-order valence-electron chi connectivity index (χ3n) is 4.95. The molecule has 3 rings (SSSR count). The van der Waals surface area contributed by atoms with Gasteiger partial charge in [0.25, 0.3) is 5.91 Å². The van der Waals surface area contributed by atoms with Gasteiger partial charge in [-0.1, -0.05) is 17.7 Å². The topological polar surface area (TPSA) is 65.1 Å². The van der Waals surface area contributed by atoms with E-state index in [2.05, 4.69) is 0 Å². The first-order valence-electron chi connectivity index (χ1n) is 9.31. The number of nitrogens with zero attached hydrogens (tertiary/aromatic N) is 1. The van der Waals surface area contributed by atoms with Crippen molar-refractivity contribution in [1.29, 1.82) is 0 Å². The van der Waals surface area contributed by atoms with E-state index in [1.165, 1.54) is 0 Å². The number of ether oxygens (including phenoxy) is 3. The second kappa shape index (κ2) is 8.78. The molecule has 6 heteroatoms. The molecular weight excluding hydrogens is 358 g/mol. The van der Waals surface area contributed by atoms with E-state index >= 15 is 0 Å². The minimum Gasteiger partial charge on any atom is -0.497 e. The first-order chi connectivity index (χ1) is 13.5. The summed E-state index contributed by atoms with van der Waals surface area (Å²) in [5.41, 5.74) is 1.62. The van der Waals surface area contributed by atoms with Crippen molar-refractivity contribution in [2.75, 3.05) is 27.3 Å². The summed E-state index contributed by atoms with van der Waals surface area (Å²) in [5.74, 6) is 1.16. The van der Waals surface area contributed by atoms with Gasteiger partial charge in [-0.3, -0.25) is 9.59 Å². The highest BCUT2D eigenvalue weighted by atomic mass is 16.5. The second-order valence-electron chi connectivity index (χ2n) is 6.90. The first kappa shape index (κ1) is 19.7. The largest absolute Gasteiger partial charge is 0.497 e. The van der Waals surface area contributed by atoms with Crippen LogP contribution in [0.15, 0.2) is 42.5 Å². The number of methoxy groups -OCH3 is 2. The molecule has 1 amide bonds. The molecular formula is C22H25NO5. The van der Waals surface area contributed by atoms with Crippen LogP contribution in [0.1, 0.15) is 28.8 Å². The Morgan fingerprint density at radius 1 is 0.893 bits per heavy atom. The Bertz CT molecular complexity index is 816. The van der Waals surface area contributed by atoms with E-state index in [-0.39, 0.29) is 17.8 Å². The summed E-state index contributed by atoms with van der Waals surface area (Å²) in [6.45, 7) is 2.99. The van der Waals surface area contributed by atoms with Gasteiger partial charge in [0.1, 0.15) is 17.2 Å². The molecule has 0 aromatic heterocycles. The Balaban J connectivity index is 1.59. The smallest absolute Gasteiger partial charge is 0.314 e. The molecule has 2 aromatic carbocycles. The van der Waals surface area contributed by atoms with Crippen LogP contribution in [0.2, 0.25) is 0 Å². The zero-order valence-electron chi connectivity index (χ0n) is 16.4. The van der Waals surface area contributed by atoms with E-state index in [1.807, 2.05) is 19.1 Å². The van der Waals surface area contributed by atoms with Crippen molar-refractivity contribution >= 4 is 11.9 Å². The van der Waals surface area contributed by atoms with Crippen LogP contribution < -0.4 is 14.2 Å². The van der Waals surface area contributed by atoms with Crippen molar-refractivity contribution in [3.8, 4) is 17.2 Å². The van der Waals surface area contributed by atoms with Gasteiger partial charge in [-0.25, -0.2) is 0 Å². The lowest BCUT2D eigenvalue weighted by molar-refractivity contribution is -0.140. The van der Waals surface area contributed by atoms with Crippen LogP contribution in [-0.2, 0) is 4.79 Å². The normalized spacial score (nSPS) is 14.5. The van der Waals surface area contributed by atoms with E-state index in [1.54, 1.807) is 49.5 Å². The van der Waals surface area contributed by atoms with Gasteiger partial charge in [0.2, 0.25) is 0 Å². The molecule has 0 atom stereocenters. The highest BCUT2D eigenvalue weighted by Gasteiger charge is 2.29. The average Bonchev–Trinajstić information content (AvgIpc) is 2.74. The molecule has 1 saturated heterocycles. The van der Waals surface area contributed by atoms with Crippen LogP contribution in [0.5, 0.6) is 17.2 Å². The number of carbonyl (C=O) groups excluding carboxylic acids is 2. The van der Waals surface area contributed by atoms with Gasteiger partial charge in [0.05, 0.1) is 20.1 Å². The summed E-state index contributed by atoms with van der Waals surface area (Å²) >= 11 is 0. The third-order valence-corrected chi connectivity index (χ3v) is 4.95. The lowest BCUT2D eigenvalue weighted by Crippen LogP contribution is -2.41. The number of aryl methyl sites for hydroxylation is 1. The van der Waals surface area contributed by atoms with E-state index in [0.717, 1.165) is 5.56 Å². The minimum atomic E-state index is -0.237. The van der Waals surface area contributed by atoms with Gasteiger partial charge >= 0.3 is 5.97 Å². The monoisotopic (exact) mass is 383 g/mol. The molecule has 0 N–H and O–H groups in total. The second-order valence-corrected chi connectivity index (χ2v) is 6.90. The van der Waals surface area contributed by atoms with Crippen molar-refractivity contribution in [1.82, 2.24) is 4.90 Å². The van der Waals surface area contributed by atoms with Crippen molar-refractivity contribution in [2.24, 2.45) is 5.92 Å². The Labute approximate surface area is 165 Å². The third kappa shape index (κ3) is 4.63. The highest BCUT2D eigenvalue weighted by molar-refractivity contribution is 5.95. The molecule has 0 spiro atoms. The number of esters is 1. The molecule has 1 fully saturated rings. The van der Waals surface area contributed by atoms with E-state index < -0.39 is 0 Å². The number of hydrogen-bond acceptors (Lipinski definition) is 5. The predicted octanol–water partition coefficient (Wildman–Crippen LogP) is 3.47. The van der Waals surface area contributed by atoms with Crippen molar-refractivity contribution in [3.05, 3.63) is 53.6 Å². The summed E-state index contributed by atoms with van der Waals surface area (Å²) in [6, 6.07) is 12.5. The molecule has 1 aliphatic rings. The maximum Gasteiger partial charge on any atom is 0.314 e. The molecule has 0 bridgehead atoms. The molecule has 148 valence electrons. The van der Waals surface area contributed by atoms with Gasteiger partial charge in [0.15, 0.2) is 0 Å².